The van der Waals surface area contributed by atoms with Crippen molar-refractivity contribution in [3.05, 3.63) is 87.0 Å². The molecule has 0 unspecified atom stereocenters. The van der Waals surface area contributed by atoms with Gasteiger partial charge in [-0.3, -0.25) is 24.8 Å². The quantitative estimate of drug-likeness (QED) is 0.103. The third kappa shape index (κ3) is 5.12. The van der Waals surface area contributed by atoms with Gasteiger partial charge in [0.25, 0.3) is 15.8 Å². The van der Waals surface area contributed by atoms with Crippen LogP contribution in [0.3, 0.4) is 0 Å². The standard InChI is InChI=1S/C22H15N5O9S/c28-21-16-7-6-14(23-13-4-2-1-3-5-13)8-12(16)9-19(37(34,35)36)20(21)25-24-17-10-15(26(30)31)11-18(22(17)29)27(32)33/h1-11,23,28-29H,(H,34,35,36). The molecule has 0 radical (unpaired) electrons. The second-order valence-corrected chi connectivity index (χ2v) is 8.91. The van der Waals surface area contributed by atoms with Crippen molar-refractivity contribution in [3.63, 3.8) is 0 Å². The molecular formula is C22H15N5O9S. The lowest BCUT2D eigenvalue weighted by Gasteiger charge is -2.11. The summed E-state index contributed by atoms with van der Waals surface area (Å²) < 4.78 is 33.9. The normalized spacial score (nSPS) is 11.6. The minimum atomic E-state index is -4.99. The molecular weight excluding hydrogens is 510 g/mol. The summed E-state index contributed by atoms with van der Waals surface area (Å²) in [5.41, 5.74) is -2.08. The molecule has 0 saturated carbocycles. The molecule has 188 valence electrons. The zero-order valence-electron chi connectivity index (χ0n) is 18.3. The van der Waals surface area contributed by atoms with Crippen molar-refractivity contribution in [2.24, 2.45) is 10.2 Å². The van der Waals surface area contributed by atoms with E-state index in [-0.39, 0.29) is 10.8 Å². The Morgan fingerprint density at radius 3 is 2.14 bits per heavy atom. The molecule has 4 aromatic rings. The molecule has 0 bridgehead atoms. The van der Waals surface area contributed by atoms with E-state index >= 15 is 0 Å². The molecule has 0 fully saturated rings. The molecule has 0 atom stereocenters. The molecule has 0 aromatic heterocycles. The van der Waals surface area contributed by atoms with E-state index in [0.29, 0.717) is 17.8 Å². The van der Waals surface area contributed by atoms with Crippen LogP contribution >= 0.6 is 0 Å². The number of aromatic hydroxyl groups is 2. The highest BCUT2D eigenvalue weighted by Crippen LogP contribution is 2.44. The molecule has 14 nitrogen and oxygen atoms in total. The second kappa shape index (κ2) is 9.48. The van der Waals surface area contributed by atoms with Gasteiger partial charge in [-0.1, -0.05) is 18.2 Å². The largest absolute Gasteiger partial charge is 0.505 e. The fourth-order valence-electron chi connectivity index (χ4n) is 3.43. The van der Waals surface area contributed by atoms with E-state index in [1.807, 2.05) is 6.07 Å². The smallest absolute Gasteiger partial charge is 0.319 e. The van der Waals surface area contributed by atoms with Crippen LogP contribution in [0.5, 0.6) is 11.5 Å². The number of nitro benzene ring substituents is 2. The van der Waals surface area contributed by atoms with Crippen LogP contribution in [0.25, 0.3) is 10.8 Å². The molecule has 4 rings (SSSR count). The Hall–Kier alpha value is -5.15. The van der Waals surface area contributed by atoms with E-state index in [4.69, 9.17) is 0 Å². The molecule has 0 amide bonds. The van der Waals surface area contributed by atoms with Gasteiger partial charge in [-0.2, -0.15) is 8.42 Å². The van der Waals surface area contributed by atoms with Crippen molar-refractivity contribution in [2.75, 3.05) is 5.32 Å². The predicted octanol–water partition coefficient (Wildman–Crippen LogP) is 5.47. The van der Waals surface area contributed by atoms with Crippen molar-refractivity contribution in [1.82, 2.24) is 0 Å². The molecule has 15 heteroatoms. The van der Waals surface area contributed by atoms with Crippen LogP contribution in [0.15, 0.2) is 81.9 Å². The molecule has 4 aromatic carbocycles. The molecule has 0 aliphatic heterocycles. The van der Waals surface area contributed by atoms with Gasteiger partial charge in [0.2, 0.25) is 5.75 Å². The summed E-state index contributed by atoms with van der Waals surface area (Å²) in [6.07, 6.45) is 0. The van der Waals surface area contributed by atoms with Gasteiger partial charge < -0.3 is 15.5 Å². The van der Waals surface area contributed by atoms with Gasteiger partial charge in [0.05, 0.1) is 15.9 Å². The first kappa shape index (κ1) is 25.0. The number of para-hydroxylation sites is 1. The molecule has 0 saturated heterocycles. The van der Waals surface area contributed by atoms with Crippen molar-refractivity contribution < 1.29 is 33.0 Å². The zero-order chi connectivity index (χ0) is 26.9. The first-order valence-corrected chi connectivity index (χ1v) is 11.6. The maximum absolute atomic E-state index is 12.1. The number of hydrogen-bond acceptors (Lipinski definition) is 11. The maximum atomic E-state index is 12.1. The van der Waals surface area contributed by atoms with E-state index in [1.165, 1.54) is 12.1 Å². The summed E-state index contributed by atoms with van der Waals surface area (Å²) in [6, 6.07) is 15.7. The van der Waals surface area contributed by atoms with Gasteiger partial charge in [0, 0.05) is 22.8 Å². The van der Waals surface area contributed by atoms with E-state index in [1.54, 1.807) is 30.3 Å². The summed E-state index contributed by atoms with van der Waals surface area (Å²) >= 11 is 0. The highest BCUT2D eigenvalue weighted by molar-refractivity contribution is 7.86. The third-order valence-electron chi connectivity index (χ3n) is 5.11. The number of nitrogens with zero attached hydrogens (tertiary/aromatic N) is 4. The predicted molar refractivity (Wildman–Crippen MR) is 131 cm³/mol. The summed E-state index contributed by atoms with van der Waals surface area (Å²) in [5.74, 6) is -1.80. The monoisotopic (exact) mass is 525 g/mol. The number of nitrogens with one attached hydrogen (secondary N) is 1. The van der Waals surface area contributed by atoms with E-state index in [9.17, 15) is 43.4 Å². The topological polar surface area (TPSA) is 218 Å². The molecule has 0 heterocycles. The fraction of sp³-hybridized carbons (Fsp3) is 0. The Morgan fingerprint density at radius 2 is 1.51 bits per heavy atom. The first-order chi connectivity index (χ1) is 17.5. The van der Waals surface area contributed by atoms with Gasteiger partial charge in [-0.05, 0) is 41.8 Å². The fourth-order valence-corrected chi connectivity index (χ4v) is 4.08. The number of nitro groups is 2. The van der Waals surface area contributed by atoms with Gasteiger partial charge in [-0.15, -0.1) is 10.2 Å². The number of rotatable bonds is 7. The lowest BCUT2D eigenvalue weighted by Crippen LogP contribution is -1.99. The lowest BCUT2D eigenvalue weighted by molar-refractivity contribution is -0.394. The van der Waals surface area contributed by atoms with Crippen LogP contribution in [-0.4, -0.2) is 33.0 Å². The van der Waals surface area contributed by atoms with Crippen molar-refractivity contribution >= 4 is 55.0 Å². The van der Waals surface area contributed by atoms with Crippen LogP contribution in [0, 0.1) is 20.2 Å². The van der Waals surface area contributed by atoms with E-state index in [2.05, 4.69) is 15.5 Å². The average Bonchev–Trinajstić information content (AvgIpc) is 2.83. The minimum absolute atomic E-state index is 0.106. The molecule has 37 heavy (non-hydrogen) atoms. The van der Waals surface area contributed by atoms with Crippen LogP contribution in [0.1, 0.15) is 0 Å². The maximum Gasteiger partial charge on any atom is 0.319 e. The van der Waals surface area contributed by atoms with Gasteiger partial charge in [-0.25, -0.2) is 0 Å². The number of hydrogen-bond donors (Lipinski definition) is 4. The van der Waals surface area contributed by atoms with Crippen LogP contribution in [0.4, 0.5) is 34.1 Å². The van der Waals surface area contributed by atoms with Gasteiger partial charge >= 0.3 is 5.69 Å². The van der Waals surface area contributed by atoms with Gasteiger partial charge in [0.1, 0.15) is 16.3 Å². The van der Waals surface area contributed by atoms with E-state index in [0.717, 1.165) is 11.8 Å². The van der Waals surface area contributed by atoms with Crippen LogP contribution in [-0.2, 0) is 10.1 Å². The van der Waals surface area contributed by atoms with Crippen LogP contribution < -0.4 is 5.32 Å². The van der Waals surface area contributed by atoms with Gasteiger partial charge in [0.15, 0.2) is 5.75 Å². The average molecular weight is 525 g/mol. The Labute approximate surface area is 207 Å². The van der Waals surface area contributed by atoms with Crippen molar-refractivity contribution in [3.8, 4) is 11.5 Å². The Bertz CT molecular complexity index is 1710. The molecule has 0 aliphatic rings. The number of phenolic OH excluding ortho intramolecular Hbond substituents is 2. The molecule has 0 aliphatic carbocycles. The van der Waals surface area contributed by atoms with E-state index < -0.39 is 59.1 Å². The zero-order valence-corrected chi connectivity index (χ0v) is 19.2. The third-order valence-corrected chi connectivity index (χ3v) is 5.98. The first-order valence-electron chi connectivity index (χ1n) is 10.1. The number of anilines is 2. The highest BCUT2D eigenvalue weighted by atomic mass is 32.2. The minimum Gasteiger partial charge on any atom is -0.505 e. The molecule has 0 spiro atoms. The Kier molecular flexibility index (Phi) is 6.39. The van der Waals surface area contributed by atoms with Crippen LogP contribution in [0.2, 0.25) is 0 Å². The summed E-state index contributed by atoms with van der Waals surface area (Å²) in [5, 5.41) is 53.6. The molecule has 4 N–H and O–H groups in total. The number of benzene rings is 4. The lowest BCUT2D eigenvalue weighted by atomic mass is 10.1. The van der Waals surface area contributed by atoms with Crippen molar-refractivity contribution in [2.45, 2.75) is 4.90 Å². The second-order valence-electron chi connectivity index (χ2n) is 7.52. The number of phenols is 2. The number of fused-ring (bicyclic) bond motifs is 1. The Balaban J connectivity index is 1.86. The Morgan fingerprint density at radius 1 is 0.811 bits per heavy atom. The number of non-ortho nitro benzene ring substituents is 1. The SMILES string of the molecule is O=[N+]([O-])c1cc(N=Nc2c(S(=O)(=O)O)cc3cc(Nc4ccccc4)ccc3c2O)c(O)c([N+](=O)[O-])c1. The summed E-state index contributed by atoms with van der Waals surface area (Å²) in [7, 11) is -4.99. The highest BCUT2D eigenvalue weighted by Gasteiger charge is 2.26. The number of azo groups is 1. The van der Waals surface area contributed by atoms with Crippen molar-refractivity contribution in [1.29, 1.82) is 0 Å². The summed E-state index contributed by atoms with van der Waals surface area (Å²) in [4.78, 5) is 19.3. The summed E-state index contributed by atoms with van der Waals surface area (Å²) in [6.45, 7) is 0.